The summed E-state index contributed by atoms with van der Waals surface area (Å²) in [5, 5.41) is 0.588. The molecule has 0 aliphatic heterocycles. The lowest BCUT2D eigenvalue weighted by atomic mass is 10.1. The van der Waals surface area contributed by atoms with Crippen LogP contribution < -0.4 is 0 Å². The minimum atomic E-state index is -3.74. The van der Waals surface area contributed by atoms with E-state index in [0.717, 1.165) is 5.56 Å². The van der Waals surface area contributed by atoms with Gasteiger partial charge in [-0.2, -0.15) is 4.31 Å². The molecular formula is C17H18ClNO4S. The summed E-state index contributed by atoms with van der Waals surface area (Å²) in [5.74, 6) is -0.565. The highest BCUT2D eigenvalue weighted by Gasteiger charge is 2.23. The van der Waals surface area contributed by atoms with Crippen molar-refractivity contribution in [2.75, 3.05) is 14.2 Å². The maximum Gasteiger partial charge on any atom is 0.338 e. The molecule has 0 aliphatic rings. The molecule has 128 valence electrons. The van der Waals surface area contributed by atoms with Crippen molar-refractivity contribution in [3.63, 3.8) is 0 Å². The number of carbonyl (C=O) groups excluding carboxylic acids is 1. The Kier molecular flexibility index (Phi) is 5.64. The molecule has 0 spiro atoms. The van der Waals surface area contributed by atoms with Crippen LogP contribution in [0.1, 0.15) is 21.5 Å². The molecule has 5 nitrogen and oxygen atoms in total. The molecule has 2 aromatic carbocycles. The first-order valence-electron chi connectivity index (χ1n) is 7.15. The number of benzene rings is 2. The number of methoxy groups -OCH3 is 1. The molecule has 0 heterocycles. The monoisotopic (exact) mass is 367 g/mol. The number of ether oxygens (including phenoxy) is 1. The molecule has 0 N–H and O–H groups in total. The molecule has 24 heavy (non-hydrogen) atoms. The summed E-state index contributed by atoms with van der Waals surface area (Å²) in [6, 6.07) is 11.4. The number of rotatable bonds is 5. The van der Waals surface area contributed by atoms with Crippen LogP contribution >= 0.6 is 11.6 Å². The Hall–Kier alpha value is -1.89. The van der Waals surface area contributed by atoms with Gasteiger partial charge in [-0.25, -0.2) is 13.2 Å². The fraction of sp³-hybridized carbons (Fsp3) is 0.235. The van der Waals surface area contributed by atoms with Crippen molar-refractivity contribution < 1.29 is 17.9 Å². The van der Waals surface area contributed by atoms with E-state index in [4.69, 9.17) is 16.3 Å². The molecule has 0 aliphatic carbocycles. The van der Waals surface area contributed by atoms with E-state index in [1.54, 1.807) is 37.3 Å². The van der Waals surface area contributed by atoms with Crippen LogP contribution in [0.25, 0.3) is 0 Å². The number of hydrogen-bond acceptors (Lipinski definition) is 4. The second-order valence-corrected chi connectivity index (χ2v) is 7.84. The maximum atomic E-state index is 12.7. The van der Waals surface area contributed by atoms with Crippen LogP contribution in [0, 0.1) is 6.92 Å². The van der Waals surface area contributed by atoms with Crippen molar-refractivity contribution in [1.82, 2.24) is 4.31 Å². The molecule has 0 amide bonds. The third kappa shape index (κ3) is 3.95. The molecule has 0 radical (unpaired) electrons. The summed E-state index contributed by atoms with van der Waals surface area (Å²) in [4.78, 5) is 11.8. The number of esters is 1. The molecule has 0 fully saturated rings. The van der Waals surface area contributed by atoms with E-state index < -0.39 is 16.0 Å². The van der Waals surface area contributed by atoms with Crippen molar-refractivity contribution in [2.24, 2.45) is 0 Å². The van der Waals surface area contributed by atoms with E-state index in [0.29, 0.717) is 10.6 Å². The predicted octanol–water partition coefficient (Wildman–Crippen LogP) is 3.26. The fourth-order valence-electron chi connectivity index (χ4n) is 2.20. The Morgan fingerprint density at radius 3 is 2.38 bits per heavy atom. The minimum Gasteiger partial charge on any atom is -0.465 e. The van der Waals surface area contributed by atoms with E-state index in [1.807, 2.05) is 0 Å². The van der Waals surface area contributed by atoms with Gasteiger partial charge in [0.05, 0.1) is 17.6 Å². The molecule has 0 bridgehead atoms. The van der Waals surface area contributed by atoms with Gasteiger partial charge in [-0.15, -0.1) is 0 Å². The number of carbonyl (C=O) groups is 1. The van der Waals surface area contributed by atoms with Gasteiger partial charge in [0, 0.05) is 18.6 Å². The summed E-state index contributed by atoms with van der Waals surface area (Å²) >= 11 is 5.83. The van der Waals surface area contributed by atoms with Crippen LogP contribution in [0.5, 0.6) is 0 Å². The first-order valence-corrected chi connectivity index (χ1v) is 8.97. The summed E-state index contributed by atoms with van der Waals surface area (Å²) in [6.45, 7) is 1.92. The Morgan fingerprint density at radius 1 is 1.17 bits per heavy atom. The molecule has 7 heteroatoms. The third-order valence-corrected chi connectivity index (χ3v) is 5.69. The Labute approximate surface area is 146 Å². The highest BCUT2D eigenvalue weighted by molar-refractivity contribution is 7.89. The number of halogens is 1. The minimum absolute atomic E-state index is 0.0463. The lowest BCUT2D eigenvalue weighted by Gasteiger charge is -2.18. The van der Waals surface area contributed by atoms with E-state index >= 15 is 0 Å². The van der Waals surface area contributed by atoms with Crippen molar-refractivity contribution >= 4 is 27.6 Å². The van der Waals surface area contributed by atoms with Crippen molar-refractivity contribution in [3.05, 3.63) is 64.2 Å². The lowest BCUT2D eigenvalue weighted by molar-refractivity contribution is 0.0599. The van der Waals surface area contributed by atoms with Gasteiger partial charge in [0.1, 0.15) is 0 Å². The average molecular weight is 368 g/mol. The lowest BCUT2D eigenvalue weighted by Crippen LogP contribution is -2.26. The van der Waals surface area contributed by atoms with Crippen molar-refractivity contribution in [2.45, 2.75) is 18.4 Å². The third-order valence-electron chi connectivity index (χ3n) is 3.64. The van der Waals surface area contributed by atoms with E-state index in [-0.39, 0.29) is 17.0 Å². The number of nitrogens with zero attached hydrogens (tertiary/aromatic N) is 1. The molecule has 0 saturated carbocycles. The van der Waals surface area contributed by atoms with Crippen LogP contribution in [0.3, 0.4) is 0 Å². The molecule has 2 rings (SSSR count). The molecule has 0 atom stereocenters. The van der Waals surface area contributed by atoms with Crippen LogP contribution in [-0.4, -0.2) is 32.8 Å². The van der Waals surface area contributed by atoms with Gasteiger partial charge in [0.2, 0.25) is 10.0 Å². The highest BCUT2D eigenvalue weighted by Crippen LogP contribution is 2.21. The van der Waals surface area contributed by atoms with Gasteiger partial charge in [0.15, 0.2) is 0 Å². The van der Waals surface area contributed by atoms with E-state index in [9.17, 15) is 13.2 Å². The zero-order chi connectivity index (χ0) is 17.9. The first kappa shape index (κ1) is 18.4. The second-order valence-electron chi connectivity index (χ2n) is 5.36. The van der Waals surface area contributed by atoms with Gasteiger partial charge >= 0.3 is 5.97 Å². The van der Waals surface area contributed by atoms with Crippen LogP contribution in [0.15, 0.2) is 47.4 Å². The second kappa shape index (κ2) is 7.34. The summed E-state index contributed by atoms with van der Waals surface area (Å²) < 4.78 is 31.4. The Morgan fingerprint density at radius 2 is 1.79 bits per heavy atom. The molecule has 2 aromatic rings. The van der Waals surface area contributed by atoms with E-state index in [1.165, 1.54) is 30.6 Å². The van der Waals surface area contributed by atoms with Crippen molar-refractivity contribution in [3.8, 4) is 0 Å². The standard InChI is InChI=1S/C17H18ClNO4S/c1-12-4-9-15(10-16(12)17(20)23-3)24(21,22)19(2)11-13-5-7-14(18)8-6-13/h4-10H,11H2,1-3H3. The molecule has 0 saturated heterocycles. The summed E-state index contributed by atoms with van der Waals surface area (Å²) in [6.07, 6.45) is 0. The van der Waals surface area contributed by atoms with Gasteiger partial charge in [0.25, 0.3) is 0 Å². The molecular weight excluding hydrogens is 350 g/mol. The van der Waals surface area contributed by atoms with Crippen LogP contribution in [0.2, 0.25) is 5.02 Å². The number of aryl methyl sites for hydroxylation is 1. The predicted molar refractivity (Wildman–Crippen MR) is 92.6 cm³/mol. The molecule has 0 unspecified atom stereocenters. The largest absolute Gasteiger partial charge is 0.465 e. The Balaban J connectivity index is 2.32. The molecule has 0 aromatic heterocycles. The summed E-state index contributed by atoms with van der Waals surface area (Å²) in [7, 11) is -0.988. The normalized spacial score (nSPS) is 11.5. The van der Waals surface area contributed by atoms with Crippen LogP contribution in [0.4, 0.5) is 0 Å². The maximum absolute atomic E-state index is 12.7. The SMILES string of the molecule is COC(=O)c1cc(S(=O)(=O)N(C)Cc2ccc(Cl)cc2)ccc1C. The number of sulfonamides is 1. The zero-order valence-corrected chi connectivity index (χ0v) is 15.2. The van der Waals surface area contributed by atoms with Crippen LogP contribution in [-0.2, 0) is 21.3 Å². The number of hydrogen-bond donors (Lipinski definition) is 0. The zero-order valence-electron chi connectivity index (χ0n) is 13.6. The van der Waals surface area contributed by atoms with Gasteiger partial charge in [-0.05, 0) is 42.3 Å². The average Bonchev–Trinajstić information content (AvgIpc) is 2.56. The van der Waals surface area contributed by atoms with Gasteiger partial charge in [-0.3, -0.25) is 0 Å². The summed E-state index contributed by atoms with van der Waals surface area (Å²) in [5.41, 5.74) is 1.70. The topological polar surface area (TPSA) is 63.7 Å². The first-order chi connectivity index (χ1) is 11.3. The fourth-order valence-corrected chi connectivity index (χ4v) is 3.51. The van der Waals surface area contributed by atoms with Gasteiger partial charge < -0.3 is 4.74 Å². The van der Waals surface area contributed by atoms with Crippen molar-refractivity contribution in [1.29, 1.82) is 0 Å². The smallest absolute Gasteiger partial charge is 0.338 e. The Bertz CT molecular complexity index is 847. The quantitative estimate of drug-likeness (QED) is 0.761. The van der Waals surface area contributed by atoms with E-state index in [2.05, 4.69) is 0 Å². The highest BCUT2D eigenvalue weighted by atomic mass is 35.5. The van der Waals surface area contributed by atoms with Gasteiger partial charge in [-0.1, -0.05) is 29.8 Å².